The van der Waals surface area contributed by atoms with Crippen LogP contribution in [0, 0.1) is 0 Å². The number of hydrogen-bond donors (Lipinski definition) is 0. The van der Waals surface area contributed by atoms with Gasteiger partial charge in [0, 0.05) is 0 Å². The van der Waals surface area contributed by atoms with E-state index in [4.69, 9.17) is 22.2 Å². The van der Waals surface area contributed by atoms with E-state index >= 15 is 0 Å². The van der Waals surface area contributed by atoms with Gasteiger partial charge in [0.15, 0.2) is 0 Å². The van der Waals surface area contributed by atoms with Gasteiger partial charge in [0.2, 0.25) is 0 Å². The molecule has 12 heavy (non-hydrogen) atoms. The minimum atomic E-state index is -1.15. The van der Waals surface area contributed by atoms with Gasteiger partial charge in [-0.3, -0.25) is 0 Å². The summed E-state index contributed by atoms with van der Waals surface area (Å²) in [5.41, 5.74) is 0. The second-order valence-corrected chi connectivity index (χ2v) is 8.68. The molecule has 0 aliphatic heterocycles. The van der Waals surface area contributed by atoms with Gasteiger partial charge in [-0.05, 0) is 11.5 Å². The maximum atomic E-state index is 5.95. The molecule has 3 heteroatoms. The van der Waals surface area contributed by atoms with Crippen molar-refractivity contribution in [3.8, 4) is 0 Å². The van der Waals surface area contributed by atoms with Crippen molar-refractivity contribution in [1.82, 2.24) is 0 Å². The molecule has 0 atom stereocenters. The Kier molecular flexibility index (Phi) is 6.70. The molecule has 0 unspecified atom stereocenters. The molecular weight excluding hydrogens is 207 g/mol. The summed E-state index contributed by atoms with van der Waals surface area (Å²) in [7, 11) is -1.15. The third-order valence-corrected chi connectivity index (χ3v) is 6.51. The molecule has 0 aromatic carbocycles. The third kappa shape index (κ3) is 5.44. The van der Waals surface area contributed by atoms with Crippen molar-refractivity contribution in [2.45, 2.75) is 57.9 Å². The summed E-state index contributed by atoms with van der Waals surface area (Å²) in [4.78, 5) is 0. The van der Waals surface area contributed by atoms with Crippen LogP contribution in [-0.4, -0.2) is 7.42 Å². The van der Waals surface area contributed by atoms with Gasteiger partial charge in [-0.15, -0.1) is 22.2 Å². The quantitative estimate of drug-likeness (QED) is 0.350. The standard InChI is InChI=1S/C9H19Cl2Si/c1-4-5-6-7-8-9(2,3)12(10)11/h4-8H2,1-3H3. The van der Waals surface area contributed by atoms with Crippen molar-refractivity contribution >= 4 is 29.6 Å². The van der Waals surface area contributed by atoms with Gasteiger partial charge in [0.05, 0.1) is 0 Å². The molecule has 0 rings (SSSR count). The number of halogens is 2. The predicted molar refractivity (Wildman–Crippen MR) is 60.3 cm³/mol. The average Bonchev–Trinajstić information content (AvgIpc) is 1.98. The zero-order chi connectivity index (χ0) is 9.61. The molecule has 0 aliphatic rings. The molecule has 0 saturated heterocycles. The summed E-state index contributed by atoms with van der Waals surface area (Å²) in [6.45, 7) is 6.57. The Morgan fingerprint density at radius 1 is 1.08 bits per heavy atom. The smallest absolute Gasteiger partial charge is 0.146 e. The first-order valence-electron chi connectivity index (χ1n) is 4.69. The van der Waals surface area contributed by atoms with Crippen LogP contribution < -0.4 is 0 Å². The molecule has 0 nitrogen and oxygen atoms in total. The fourth-order valence-corrected chi connectivity index (χ4v) is 2.02. The minimum Gasteiger partial charge on any atom is -0.146 e. The van der Waals surface area contributed by atoms with E-state index in [0.717, 1.165) is 0 Å². The van der Waals surface area contributed by atoms with Crippen LogP contribution in [0.15, 0.2) is 0 Å². The molecule has 0 bridgehead atoms. The Balaban J connectivity index is 3.47. The summed E-state index contributed by atoms with van der Waals surface area (Å²) in [6, 6.07) is 0. The molecule has 0 spiro atoms. The third-order valence-electron chi connectivity index (χ3n) is 2.17. The number of unbranched alkanes of at least 4 members (excludes halogenated alkanes) is 3. The van der Waals surface area contributed by atoms with Gasteiger partial charge in [0.25, 0.3) is 7.42 Å². The van der Waals surface area contributed by atoms with E-state index in [-0.39, 0.29) is 5.04 Å². The molecule has 0 amide bonds. The first-order chi connectivity index (χ1) is 5.50. The average molecular weight is 226 g/mol. The normalized spacial score (nSPS) is 12.5. The molecule has 0 saturated carbocycles. The topological polar surface area (TPSA) is 0 Å². The zero-order valence-corrected chi connectivity index (χ0v) is 10.8. The SMILES string of the molecule is CCCCCCC(C)(C)[Si](Cl)Cl. The van der Waals surface area contributed by atoms with E-state index in [9.17, 15) is 0 Å². The molecule has 73 valence electrons. The predicted octanol–water partition coefficient (Wildman–Crippen LogP) is 4.70. The van der Waals surface area contributed by atoms with Crippen LogP contribution in [0.1, 0.15) is 52.9 Å². The van der Waals surface area contributed by atoms with Crippen LogP contribution in [0.3, 0.4) is 0 Å². The van der Waals surface area contributed by atoms with Gasteiger partial charge in [-0.1, -0.05) is 46.5 Å². The van der Waals surface area contributed by atoms with Gasteiger partial charge in [0.1, 0.15) is 0 Å². The van der Waals surface area contributed by atoms with Gasteiger partial charge in [-0.25, -0.2) is 0 Å². The zero-order valence-electron chi connectivity index (χ0n) is 8.29. The van der Waals surface area contributed by atoms with Crippen LogP contribution in [0.25, 0.3) is 0 Å². The first kappa shape index (κ1) is 12.8. The molecule has 0 aromatic heterocycles. The second kappa shape index (κ2) is 6.28. The largest absolute Gasteiger partial charge is 0.279 e. The molecular formula is C9H19Cl2Si. The van der Waals surface area contributed by atoms with Crippen LogP contribution in [0.5, 0.6) is 0 Å². The van der Waals surface area contributed by atoms with Crippen molar-refractivity contribution in [3.63, 3.8) is 0 Å². The summed E-state index contributed by atoms with van der Waals surface area (Å²) < 4.78 is 0. The lowest BCUT2D eigenvalue weighted by atomic mass is 10.0. The lowest BCUT2D eigenvalue weighted by molar-refractivity contribution is 0.539. The van der Waals surface area contributed by atoms with E-state index in [1.54, 1.807) is 0 Å². The highest BCUT2D eigenvalue weighted by atomic mass is 35.7. The highest BCUT2D eigenvalue weighted by Gasteiger charge is 2.28. The van der Waals surface area contributed by atoms with Crippen LogP contribution in [-0.2, 0) is 0 Å². The lowest BCUT2D eigenvalue weighted by Crippen LogP contribution is -2.16. The van der Waals surface area contributed by atoms with Crippen molar-refractivity contribution in [3.05, 3.63) is 0 Å². The van der Waals surface area contributed by atoms with E-state index in [0.29, 0.717) is 0 Å². The van der Waals surface area contributed by atoms with Gasteiger partial charge in [-0.2, -0.15) is 0 Å². The number of hydrogen-bond acceptors (Lipinski definition) is 0. The highest BCUT2D eigenvalue weighted by molar-refractivity contribution is 7.35. The molecule has 0 N–H and O–H groups in total. The second-order valence-electron chi connectivity index (χ2n) is 3.95. The fraction of sp³-hybridized carbons (Fsp3) is 1.00. The maximum absolute atomic E-state index is 5.95. The fourth-order valence-electron chi connectivity index (χ4n) is 1.09. The van der Waals surface area contributed by atoms with Gasteiger partial charge >= 0.3 is 0 Å². The van der Waals surface area contributed by atoms with Crippen molar-refractivity contribution in [2.75, 3.05) is 0 Å². The maximum Gasteiger partial charge on any atom is 0.279 e. The van der Waals surface area contributed by atoms with Crippen LogP contribution in [0.2, 0.25) is 5.04 Å². The number of rotatable bonds is 6. The van der Waals surface area contributed by atoms with Crippen LogP contribution in [0.4, 0.5) is 0 Å². The molecule has 0 aliphatic carbocycles. The first-order valence-corrected chi connectivity index (χ1v) is 8.21. The van der Waals surface area contributed by atoms with Crippen molar-refractivity contribution < 1.29 is 0 Å². The molecule has 0 fully saturated rings. The van der Waals surface area contributed by atoms with E-state index in [1.807, 2.05) is 0 Å². The summed E-state index contributed by atoms with van der Waals surface area (Å²) in [5.74, 6) is 0. The monoisotopic (exact) mass is 225 g/mol. The van der Waals surface area contributed by atoms with E-state index < -0.39 is 7.42 Å². The Labute approximate surface area is 87.7 Å². The summed E-state index contributed by atoms with van der Waals surface area (Å²) in [6.07, 6.45) is 6.40. The van der Waals surface area contributed by atoms with Crippen LogP contribution >= 0.6 is 22.2 Å². The summed E-state index contributed by atoms with van der Waals surface area (Å²) >= 11 is 11.9. The molecule has 0 aromatic rings. The summed E-state index contributed by atoms with van der Waals surface area (Å²) in [5, 5.41) is 0.182. The molecule has 1 radical (unpaired) electrons. The van der Waals surface area contributed by atoms with Gasteiger partial charge < -0.3 is 0 Å². The Hall–Kier alpha value is 0.797. The lowest BCUT2D eigenvalue weighted by Gasteiger charge is -2.23. The Morgan fingerprint density at radius 2 is 1.67 bits per heavy atom. The highest BCUT2D eigenvalue weighted by Crippen LogP contribution is 2.38. The molecule has 0 heterocycles. The Morgan fingerprint density at radius 3 is 2.08 bits per heavy atom. The minimum absolute atomic E-state index is 0.182. The van der Waals surface area contributed by atoms with E-state index in [2.05, 4.69) is 20.8 Å². The Bertz CT molecular complexity index is 113. The van der Waals surface area contributed by atoms with Crippen molar-refractivity contribution in [2.24, 2.45) is 0 Å². The van der Waals surface area contributed by atoms with Crippen molar-refractivity contribution in [1.29, 1.82) is 0 Å². The van der Waals surface area contributed by atoms with E-state index in [1.165, 1.54) is 32.1 Å².